The molecule has 0 aliphatic heterocycles. The third-order valence-electron chi connectivity index (χ3n) is 1.97. The maximum absolute atomic E-state index is 10.6. The molecule has 0 aliphatic rings. The molecule has 0 fully saturated rings. The summed E-state index contributed by atoms with van der Waals surface area (Å²) in [4.78, 5) is 30.5. The minimum atomic E-state index is -1.11. The van der Waals surface area contributed by atoms with Crippen LogP contribution < -0.4 is 0 Å². The summed E-state index contributed by atoms with van der Waals surface area (Å²) in [6.07, 6.45) is 0.833. The second-order valence-corrected chi connectivity index (χ2v) is 3.13. The van der Waals surface area contributed by atoms with Crippen molar-refractivity contribution in [1.82, 2.24) is 0 Å². The first kappa shape index (κ1) is 15.4. The van der Waals surface area contributed by atoms with Gasteiger partial charge in [0.15, 0.2) is 0 Å². The smallest absolute Gasteiger partial charge is 0.335 e. The molecule has 0 aliphatic carbocycles. The van der Waals surface area contributed by atoms with Gasteiger partial charge in [0, 0.05) is 6.08 Å². The van der Waals surface area contributed by atoms with E-state index in [1.165, 1.54) is 25.1 Å². The lowest BCUT2D eigenvalue weighted by molar-refractivity contribution is -0.131. The standard InChI is InChI=1S/C9H8O4.C3H4O2/c1-5-6(8(10)11)3-2-4-7(5)9(12)13;1-2-3(4)5/h2-4H,1H3,(H,10,11)(H,12,13);2H,1H2,(H,4,5). The Kier molecular flexibility index (Phi) is 5.85. The van der Waals surface area contributed by atoms with Crippen LogP contribution in [0.5, 0.6) is 0 Å². The van der Waals surface area contributed by atoms with Crippen LogP contribution in [0.25, 0.3) is 0 Å². The molecule has 6 heteroatoms. The molecule has 96 valence electrons. The maximum atomic E-state index is 10.6. The SMILES string of the molecule is C=CC(=O)O.Cc1c(C(=O)O)cccc1C(=O)O. The highest BCUT2D eigenvalue weighted by molar-refractivity contribution is 5.96. The molecule has 0 heterocycles. The molecule has 0 radical (unpaired) electrons. The number of aromatic carboxylic acids is 2. The largest absolute Gasteiger partial charge is 0.478 e. The van der Waals surface area contributed by atoms with E-state index in [2.05, 4.69) is 6.58 Å². The Hall–Kier alpha value is -2.63. The molecule has 3 N–H and O–H groups in total. The number of hydrogen-bond donors (Lipinski definition) is 3. The van der Waals surface area contributed by atoms with Crippen LogP contribution in [0.4, 0.5) is 0 Å². The molecule has 1 rings (SSSR count). The van der Waals surface area contributed by atoms with Gasteiger partial charge in [-0.1, -0.05) is 12.6 Å². The van der Waals surface area contributed by atoms with Gasteiger partial charge in [-0.3, -0.25) is 0 Å². The van der Waals surface area contributed by atoms with Gasteiger partial charge in [0.25, 0.3) is 0 Å². The summed E-state index contributed by atoms with van der Waals surface area (Å²) >= 11 is 0. The van der Waals surface area contributed by atoms with Crippen LogP contribution in [0, 0.1) is 6.92 Å². The van der Waals surface area contributed by atoms with E-state index >= 15 is 0 Å². The highest BCUT2D eigenvalue weighted by atomic mass is 16.4. The lowest BCUT2D eigenvalue weighted by atomic mass is 10.0. The molecule has 0 atom stereocenters. The fourth-order valence-corrected chi connectivity index (χ4v) is 1.10. The van der Waals surface area contributed by atoms with E-state index in [1.807, 2.05) is 0 Å². The number of carbonyl (C=O) groups is 3. The minimum absolute atomic E-state index is 0.0277. The zero-order valence-corrected chi connectivity index (χ0v) is 9.58. The third kappa shape index (κ3) is 4.48. The van der Waals surface area contributed by atoms with Gasteiger partial charge in [-0.05, 0) is 24.6 Å². The van der Waals surface area contributed by atoms with Crippen molar-refractivity contribution in [3.05, 3.63) is 47.5 Å². The first-order chi connectivity index (χ1) is 8.31. The summed E-state index contributed by atoms with van der Waals surface area (Å²) in [6.45, 7) is 4.44. The van der Waals surface area contributed by atoms with Gasteiger partial charge >= 0.3 is 17.9 Å². The second kappa shape index (κ2) is 6.85. The van der Waals surface area contributed by atoms with Gasteiger partial charge in [0.2, 0.25) is 0 Å². The van der Waals surface area contributed by atoms with Gasteiger partial charge < -0.3 is 15.3 Å². The van der Waals surface area contributed by atoms with Gasteiger partial charge in [0.05, 0.1) is 11.1 Å². The summed E-state index contributed by atoms with van der Waals surface area (Å²) in [5, 5.41) is 25.0. The molecule has 0 aromatic heterocycles. The van der Waals surface area contributed by atoms with Crippen LogP contribution in [-0.2, 0) is 4.79 Å². The van der Waals surface area contributed by atoms with Crippen molar-refractivity contribution in [2.45, 2.75) is 6.92 Å². The molecule has 0 saturated heterocycles. The predicted molar refractivity (Wildman–Crippen MR) is 62.9 cm³/mol. The Morgan fingerprint density at radius 3 is 1.61 bits per heavy atom. The predicted octanol–water partition coefficient (Wildman–Crippen LogP) is 1.65. The second-order valence-electron chi connectivity index (χ2n) is 3.13. The zero-order chi connectivity index (χ0) is 14.3. The van der Waals surface area contributed by atoms with Crippen molar-refractivity contribution in [1.29, 1.82) is 0 Å². The molecule has 0 unspecified atom stereocenters. The number of aliphatic carboxylic acids is 1. The van der Waals surface area contributed by atoms with Crippen LogP contribution in [0.2, 0.25) is 0 Å². The van der Waals surface area contributed by atoms with Crippen LogP contribution in [0.3, 0.4) is 0 Å². The Morgan fingerprint density at radius 1 is 1.06 bits per heavy atom. The lowest BCUT2D eigenvalue weighted by Gasteiger charge is -2.03. The molecule has 0 bridgehead atoms. The molecular formula is C12H12O6. The van der Waals surface area contributed by atoms with Gasteiger partial charge in [-0.2, -0.15) is 0 Å². The van der Waals surface area contributed by atoms with Gasteiger partial charge in [0.1, 0.15) is 0 Å². The first-order valence-electron chi connectivity index (χ1n) is 4.72. The van der Waals surface area contributed by atoms with Crippen LogP contribution in [-0.4, -0.2) is 33.2 Å². The van der Waals surface area contributed by atoms with E-state index in [1.54, 1.807) is 0 Å². The molecule has 0 amide bonds. The van der Waals surface area contributed by atoms with Crippen molar-refractivity contribution >= 4 is 17.9 Å². The molecular weight excluding hydrogens is 240 g/mol. The highest BCUT2D eigenvalue weighted by Crippen LogP contribution is 2.13. The fourth-order valence-electron chi connectivity index (χ4n) is 1.10. The maximum Gasteiger partial charge on any atom is 0.335 e. The average Bonchev–Trinajstić information content (AvgIpc) is 2.29. The molecule has 18 heavy (non-hydrogen) atoms. The molecule has 0 spiro atoms. The summed E-state index contributed by atoms with van der Waals surface area (Å²) < 4.78 is 0. The Bertz CT molecular complexity index is 457. The third-order valence-corrected chi connectivity index (χ3v) is 1.97. The quantitative estimate of drug-likeness (QED) is 0.705. The first-order valence-corrected chi connectivity index (χ1v) is 4.72. The van der Waals surface area contributed by atoms with E-state index in [0.717, 1.165) is 6.08 Å². The van der Waals surface area contributed by atoms with Crippen molar-refractivity contribution in [3.63, 3.8) is 0 Å². The van der Waals surface area contributed by atoms with E-state index in [-0.39, 0.29) is 16.7 Å². The minimum Gasteiger partial charge on any atom is -0.478 e. The number of rotatable bonds is 3. The van der Waals surface area contributed by atoms with Crippen LogP contribution >= 0.6 is 0 Å². The number of carboxylic acid groups (broad SMARTS) is 3. The number of carboxylic acids is 3. The summed E-state index contributed by atoms with van der Waals surface area (Å²) in [5.41, 5.74) is 0.335. The molecule has 0 saturated carbocycles. The van der Waals surface area contributed by atoms with E-state index in [9.17, 15) is 14.4 Å². The van der Waals surface area contributed by atoms with E-state index < -0.39 is 17.9 Å². The van der Waals surface area contributed by atoms with E-state index in [0.29, 0.717) is 0 Å². The summed E-state index contributed by atoms with van der Waals surface area (Å²) in [7, 11) is 0. The Morgan fingerprint density at radius 2 is 1.39 bits per heavy atom. The van der Waals surface area contributed by atoms with Crippen molar-refractivity contribution < 1.29 is 29.7 Å². The monoisotopic (exact) mass is 252 g/mol. The van der Waals surface area contributed by atoms with Crippen LogP contribution in [0.15, 0.2) is 30.9 Å². The molecule has 1 aromatic carbocycles. The Labute approximate surface area is 103 Å². The lowest BCUT2D eigenvalue weighted by Crippen LogP contribution is -2.06. The van der Waals surface area contributed by atoms with Gasteiger partial charge in [-0.25, -0.2) is 14.4 Å². The summed E-state index contributed by atoms with van der Waals surface area (Å²) in [5.74, 6) is -3.20. The summed E-state index contributed by atoms with van der Waals surface area (Å²) in [6, 6.07) is 4.17. The Balaban J connectivity index is 0.000000494. The number of hydrogen-bond acceptors (Lipinski definition) is 3. The fraction of sp³-hybridized carbons (Fsp3) is 0.0833. The topological polar surface area (TPSA) is 112 Å². The van der Waals surface area contributed by atoms with Crippen molar-refractivity contribution in [3.8, 4) is 0 Å². The molecule has 1 aromatic rings. The van der Waals surface area contributed by atoms with Crippen LogP contribution in [0.1, 0.15) is 26.3 Å². The van der Waals surface area contributed by atoms with Crippen molar-refractivity contribution in [2.24, 2.45) is 0 Å². The zero-order valence-electron chi connectivity index (χ0n) is 9.58. The number of benzene rings is 1. The average molecular weight is 252 g/mol. The normalized spacial score (nSPS) is 8.72. The van der Waals surface area contributed by atoms with E-state index in [4.69, 9.17) is 15.3 Å². The highest BCUT2D eigenvalue weighted by Gasteiger charge is 2.13. The van der Waals surface area contributed by atoms with Gasteiger partial charge in [-0.15, -0.1) is 0 Å². The van der Waals surface area contributed by atoms with Crippen molar-refractivity contribution in [2.75, 3.05) is 0 Å². The molecule has 6 nitrogen and oxygen atoms in total.